The van der Waals surface area contributed by atoms with Crippen LogP contribution in [0.1, 0.15) is 17.0 Å². The van der Waals surface area contributed by atoms with E-state index in [1.54, 1.807) is 6.20 Å². The average Bonchev–Trinajstić information content (AvgIpc) is 3.10. The summed E-state index contributed by atoms with van der Waals surface area (Å²) in [6.07, 6.45) is 5.78. The number of amidine groups is 1. The van der Waals surface area contributed by atoms with Gasteiger partial charge in [0.25, 0.3) is 0 Å². The average molecular weight is 310 g/mol. The Bertz CT molecular complexity index is 721. The van der Waals surface area contributed by atoms with Gasteiger partial charge in [-0.25, -0.2) is 4.98 Å². The molecule has 3 heterocycles. The van der Waals surface area contributed by atoms with Crippen LogP contribution in [0.3, 0.4) is 0 Å². The third-order valence-corrected chi connectivity index (χ3v) is 3.54. The molecule has 0 saturated heterocycles. The van der Waals surface area contributed by atoms with Gasteiger partial charge in [0.2, 0.25) is 5.88 Å². The molecule has 2 aromatic rings. The van der Waals surface area contributed by atoms with Gasteiger partial charge >= 0.3 is 0 Å². The normalized spacial score (nSPS) is 14.3. The molecule has 0 aliphatic carbocycles. The van der Waals surface area contributed by atoms with Crippen LogP contribution in [0.25, 0.3) is 0 Å². The Morgan fingerprint density at radius 2 is 2.09 bits per heavy atom. The summed E-state index contributed by atoms with van der Waals surface area (Å²) in [4.78, 5) is 10.6. The van der Waals surface area contributed by atoms with Gasteiger partial charge in [0.05, 0.1) is 11.3 Å². The van der Waals surface area contributed by atoms with Crippen LogP contribution in [-0.2, 0) is 6.61 Å². The number of oxime groups is 1. The van der Waals surface area contributed by atoms with E-state index in [-0.39, 0.29) is 0 Å². The zero-order valence-corrected chi connectivity index (χ0v) is 12.9. The van der Waals surface area contributed by atoms with Gasteiger partial charge in [0, 0.05) is 25.0 Å². The summed E-state index contributed by atoms with van der Waals surface area (Å²) in [5.41, 5.74) is 2.31. The number of ether oxygens (including phenoxy) is 1. The van der Waals surface area contributed by atoms with Crippen molar-refractivity contribution in [3.63, 3.8) is 0 Å². The fourth-order valence-corrected chi connectivity index (χ4v) is 2.38. The molecule has 0 amide bonds. The quantitative estimate of drug-likeness (QED) is 0.309. The molecule has 6 nitrogen and oxygen atoms in total. The van der Waals surface area contributed by atoms with Gasteiger partial charge in [-0.2, -0.15) is 0 Å². The molecule has 0 bridgehead atoms. The van der Waals surface area contributed by atoms with Crippen LogP contribution in [-0.4, -0.2) is 39.0 Å². The third-order valence-electron chi connectivity index (χ3n) is 3.54. The molecule has 1 N–H and O–H groups in total. The topological polar surface area (TPSA) is 70.8 Å². The maximum Gasteiger partial charge on any atom is 0.225 e. The molecule has 23 heavy (non-hydrogen) atoms. The van der Waals surface area contributed by atoms with Gasteiger partial charge in [-0.1, -0.05) is 23.4 Å². The van der Waals surface area contributed by atoms with Crippen molar-refractivity contribution in [3.8, 4) is 5.88 Å². The summed E-state index contributed by atoms with van der Waals surface area (Å²) in [5, 5.41) is 12.9. The molecular formula is C17H18N4O2. The lowest BCUT2D eigenvalue weighted by Gasteiger charge is -2.20. The first-order valence-corrected chi connectivity index (χ1v) is 7.40. The van der Waals surface area contributed by atoms with Crippen LogP contribution in [0.5, 0.6) is 5.88 Å². The Balaban J connectivity index is 1.85. The van der Waals surface area contributed by atoms with Crippen molar-refractivity contribution in [3.05, 3.63) is 65.6 Å². The second-order valence-corrected chi connectivity index (χ2v) is 5.22. The molecule has 0 fully saturated rings. The van der Waals surface area contributed by atoms with Crippen molar-refractivity contribution in [2.24, 2.45) is 5.16 Å². The monoisotopic (exact) mass is 310 g/mol. The standard InChI is InChI=1S/C17H18N4O2/c1-13-7-8-15(16(20-22)21-10-4-5-11-21)17(19-13)23-12-14-6-2-3-9-18-14/h2-9,22H,10-12H2,1H3/b20-16-. The fraction of sp³-hybridized carbons (Fsp3) is 0.235. The smallest absolute Gasteiger partial charge is 0.225 e. The maximum atomic E-state index is 9.44. The highest BCUT2D eigenvalue weighted by Gasteiger charge is 2.20. The van der Waals surface area contributed by atoms with Crippen molar-refractivity contribution >= 4 is 5.84 Å². The highest BCUT2D eigenvalue weighted by atomic mass is 16.5. The third kappa shape index (κ3) is 3.48. The van der Waals surface area contributed by atoms with E-state index in [0.29, 0.717) is 37.0 Å². The molecule has 118 valence electrons. The summed E-state index contributed by atoms with van der Waals surface area (Å²) in [7, 11) is 0. The van der Waals surface area contributed by atoms with Gasteiger partial charge in [0.1, 0.15) is 6.61 Å². The van der Waals surface area contributed by atoms with E-state index >= 15 is 0 Å². The molecular weight excluding hydrogens is 292 g/mol. The number of nitrogens with zero attached hydrogens (tertiary/aromatic N) is 4. The molecule has 0 spiro atoms. The molecule has 2 aromatic heterocycles. The maximum absolute atomic E-state index is 9.44. The van der Waals surface area contributed by atoms with E-state index < -0.39 is 0 Å². The van der Waals surface area contributed by atoms with Crippen molar-refractivity contribution in [1.82, 2.24) is 14.9 Å². The van der Waals surface area contributed by atoms with Crippen molar-refractivity contribution in [2.45, 2.75) is 13.5 Å². The molecule has 1 aliphatic heterocycles. The lowest BCUT2D eigenvalue weighted by Crippen LogP contribution is -2.30. The second-order valence-electron chi connectivity index (χ2n) is 5.22. The summed E-state index contributed by atoms with van der Waals surface area (Å²) >= 11 is 0. The van der Waals surface area contributed by atoms with Gasteiger partial charge in [-0.3, -0.25) is 4.98 Å². The molecule has 0 radical (unpaired) electrons. The van der Waals surface area contributed by atoms with Gasteiger partial charge in [-0.15, -0.1) is 0 Å². The van der Waals surface area contributed by atoms with Crippen LogP contribution in [0.15, 0.2) is 53.8 Å². The first-order valence-electron chi connectivity index (χ1n) is 7.40. The number of hydrogen-bond acceptors (Lipinski definition) is 5. The highest BCUT2D eigenvalue weighted by Crippen LogP contribution is 2.21. The van der Waals surface area contributed by atoms with E-state index in [9.17, 15) is 5.21 Å². The summed E-state index contributed by atoms with van der Waals surface area (Å²) in [6.45, 7) is 3.60. The summed E-state index contributed by atoms with van der Waals surface area (Å²) < 4.78 is 5.83. The molecule has 0 saturated carbocycles. The van der Waals surface area contributed by atoms with E-state index in [0.717, 1.165) is 11.4 Å². The van der Waals surface area contributed by atoms with E-state index in [4.69, 9.17) is 4.74 Å². The number of hydrogen-bond donors (Lipinski definition) is 1. The molecule has 3 rings (SSSR count). The van der Waals surface area contributed by atoms with Gasteiger partial charge in [0.15, 0.2) is 5.84 Å². The van der Waals surface area contributed by atoms with E-state index in [1.807, 2.05) is 54.3 Å². The lowest BCUT2D eigenvalue weighted by atomic mass is 10.2. The minimum absolute atomic E-state index is 0.307. The van der Waals surface area contributed by atoms with Crippen LogP contribution in [0, 0.1) is 6.92 Å². The van der Waals surface area contributed by atoms with Crippen molar-refractivity contribution in [1.29, 1.82) is 0 Å². The largest absolute Gasteiger partial charge is 0.471 e. The molecule has 0 atom stereocenters. The summed E-state index contributed by atoms with van der Waals surface area (Å²) in [5.74, 6) is 0.897. The first-order chi connectivity index (χ1) is 11.3. The second kappa shape index (κ2) is 6.91. The Hall–Kier alpha value is -2.89. The zero-order valence-electron chi connectivity index (χ0n) is 12.9. The Kier molecular flexibility index (Phi) is 4.52. The van der Waals surface area contributed by atoms with Crippen molar-refractivity contribution < 1.29 is 9.94 Å². The minimum atomic E-state index is 0.307. The Labute approximate surface area is 134 Å². The minimum Gasteiger partial charge on any atom is -0.471 e. The van der Waals surface area contributed by atoms with Gasteiger partial charge in [-0.05, 0) is 31.2 Å². The predicted molar refractivity (Wildman–Crippen MR) is 86.6 cm³/mol. The number of aromatic nitrogens is 2. The number of pyridine rings is 2. The SMILES string of the molecule is Cc1ccc(/C(=N/O)N2CC=CC2)c(OCc2ccccn2)n1. The number of rotatable bonds is 4. The molecule has 0 aromatic carbocycles. The van der Waals surface area contributed by atoms with Crippen LogP contribution < -0.4 is 4.74 Å². The molecule has 0 unspecified atom stereocenters. The Morgan fingerprint density at radius 3 is 2.78 bits per heavy atom. The van der Waals surface area contributed by atoms with E-state index in [1.165, 1.54) is 0 Å². The summed E-state index contributed by atoms with van der Waals surface area (Å²) in [6, 6.07) is 9.39. The lowest BCUT2D eigenvalue weighted by molar-refractivity contribution is 0.284. The predicted octanol–water partition coefficient (Wildman–Crippen LogP) is 2.37. The first kappa shape index (κ1) is 15.0. The van der Waals surface area contributed by atoms with Crippen LogP contribution >= 0.6 is 0 Å². The van der Waals surface area contributed by atoms with Crippen molar-refractivity contribution in [2.75, 3.05) is 13.1 Å². The molecule has 1 aliphatic rings. The Morgan fingerprint density at radius 1 is 1.26 bits per heavy atom. The molecule has 6 heteroatoms. The van der Waals surface area contributed by atoms with Crippen LogP contribution in [0.4, 0.5) is 0 Å². The number of aryl methyl sites for hydroxylation is 1. The highest BCUT2D eigenvalue weighted by molar-refractivity contribution is 6.00. The fourth-order valence-electron chi connectivity index (χ4n) is 2.38. The van der Waals surface area contributed by atoms with Crippen LogP contribution in [0.2, 0.25) is 0 Å². The van der Waals surface area contributed by atoms with E-state index in [2.05, 4.69) is 15.1 Å². The van der Waals surface area contributed by atoms with Gasteiger partial charge < -0.3 is 14.8 Å². The zero-order chi connectivity index (χ0) is 16.1.